The summed E-state index contributed by atoms with van der Waals surface area (Å²) in [5, 5.41) is 21.3. The van der Waals surface area contributed by atoms with E-state index in [9.17, 15) is 19.5 Å². The highest BCUT2D eigenvalue weighted by Crippen LogP contribution is 2.30. The summed E-state index contributed by atoms with van der Waals surface area (Å²) in [6.45, 7) is 0.797. The first-order chi connectivity index (χ1) is 20.3. The van der Waals surface area contributed by atoms with Crippen molar-refractivity contribution < 1.29 is 29.0 Å². The van der Waals surface area contributed by atoms with Crippen LogP contribution in [0.1, 0.15) is 76.5 Å². The van der Waals surface area contributed by atoms with Crippen molar-refractivity contribution in [3.63, 3.8) is 0 Å². The molecule has 1 unspecified atom stereocenters. The molecule has 1 aliphatic rings. The molecule has 0 radical (unpaired) electrons. The second-order valence-electron chi connectivity index (χ2n) is 10.5. The number of carbonyl (C=O) groups excluding carboxylic acids is 3. The Labute approximate surface area is 252 Å². The summed E-state index contributed by atoms with van der Waals surface area (Å²) in [6, 6.07) is 12.0. The smallest absolute Gasteiger partial charge is 0.406 e. The number of alkyl carbamates (subject to hydrolysis) is 1. The van der Waals surface area contributed by atoms with E-state index in [1.54, 1.807) is 36.4 Å². The van der Waals surface area contributed by atoms with Crippen LogP contribution in [0.5, 0.6) is 0 Å². The lowest BCUT2D eigenvalue weighted by atomic mass is 9.84. The predicted molar refractivity (Wildman–Crippen MR) is 162 cm³/mol. The zero-order valence-corrected chi connectivity index (χ0v) is 25.2. The van der Waals surface area contributed by atoms with Crippen LogP contribution in [0.25, 0.3) is 0 Å². The number of methoxy groups -OCH3 is 1. The number of likely N-dealkylation sites (N-methyl/N-ethyl adjacent to an activating group) is 1. The molecule has 0 saturated heterocycles. The molecule has 10 nitrogen and oxygen atoms in total. The SMILES string of the molecule is CNC[C@H](CC1CCCCC1)NC(=O)c1cc(C(=O)NCCO)cc(C(OCCNC(=O)OC)c2cccc(Cl)c2)c1. The predicted octanol–water partition coefficient (Wildman–Crippen LogP) is 3.81. The summed E-state index contributed by atoms with van der Waals surface area (Å²) in [5.74, 6) is -0.143. The quantitative estimate of drug-likeness (QED) is 0.195. The third-order valence-corrected chi connectivity index (χ3v) is 7.54. The minimum absolute atomic E-state index is 0.0645. The monoisotopic (exact) mass is 602 g/mol. The Morgan fingerprint density at radius 1 is 0.976 bits per heavy atom. The van der Waals surface area contributed by atoms with Crippen LogP contribution in [0.4, 0.5) is 4.79 Å². The number of benzene rings is 2. The number of carbonyl (C=O) groups is 3. The van der Waals surface area contributed by atoms with Gasteiger partial charge in [0.2, 0.25) is 0 Å². The minimum Gasteiger partial charge on any atom is -0.453 e. The van der Waals surface area contributed by atoms with Gasteiger partial charge in [0.25, 0.3) is 11.8 Å². The molecule has 3 amide bonds. The van der Waals surface area contributed by atoms with Crippen LogP contribution in [0, 0.1) is 5.92 Å². The summed E-state index contributed by atoms with van der Waals surface area (Å²) in [7, 11) is 3.15. The van der Waals surface area contributed by atoms with Gasteiger partial charge in [-0.1, -0.05) is 55.8 Å². The number of hydrogen-bond acceptors (Lipinski definition) is 7. The fourth-order valence-corrected chi connectivity index (χ4v) is 5.53. The van der Waals surface area contributed by atoms with Crippen molar-refractivity contribution in [1.82, 2.24) is 21.3 Å². The first kappa shape index (κ1) is 33.3. The van der Waals surface area contributed by atoms with Gasteiger partial charge < -0.3 is 35.8 Å². The van der Waals surface area contributed by atoms with Crippen LogP contribution in [0.3, 0.4) is 0 Å². The second kappa shape index (κ2) is 17.7. The number of amides is 3. The van der Waals surface area contributed by atoms with Crippen molar-refractivity contribution in [2.24, 2.45) is 5.92 Å². The van der Waals surface area contributed by atoms with Crippen LogP contribution >= 0.6 is 11.6 Å². The average Bonchev–Trinajstić information content (AvgIpc) is 3.00. The van der Waals surface area contributed by atoms with E-state index in [2.05, 4.69) is 26.0 Å². The number of ether oxygens (including phenoxy) is 2. The fourth-order valence-electron chi connectivity index (χ4n) is 5.33. The van der Waals surface area contributed by atoms with Gasteiger partial charge in [0.1, 0.15) is 6.10 Å². The molecule has 0 bridgehead atoms. The highest BCUT2D eigenvalue weighted by atomic mass is 35.5. The lowest BCUT2D eigenvalue weighted by Crippen LogP contribution is -2.42. The molecule has 0 heterocycles. The maximum absolute atomic E-state index is 13.7. The van der Waals surface area contributed by atoms with Gasteiger partial charge in [-0.25, -0.2) is 4.79 Å². The van der Waals surface area contributed by atoms with E-state index < -0.39 is 18.1 Å². The van der Waals surface area contributed by atoms with Gasteiger partial charge >= 0.3 is 6.09 Å². The highest BCUT2D eigenvalue weighted by molar-refractivity contribution is 6.30. The van der Waals surface area contributed by atoms with Crippen LogP contribution < -0.4 is 21.3 Å². The molecule has 11 heteroatoms. The molecule has 5 N–H and O–H groups in total. The van der Waals surface area contributed by atoms with E-state index in [-0.39, 0.29) is 43.8 Å². The highest BCUT2D eigenvalue weighted by Gasteiger charge is 2.24. The number of hydrogen-bond donors (Lipinski definition) is 5. The van der Waals surface area contributed by atoms with Gasteiger partial charge in [0.05, 0.1) is 20.3 Å². The van der Waals surface area contributed by atoms with E-state index in [1.165, 1.54) is 39.2 Å². The molecule has 2 aromatic carbocycles. The maximum Gasteiger partial charge on any atom is 0.406 e. The maximum atomic E-state index is 13.7. The standard InChI is InChI=1S/C31H43ClN4O6/c1-33-20-27(15-21-7-4-3-5-8-21)36-30(39)25-17-23(16-24(18-25)29(38)34-11-13-37)28(22-9-6-10-26(32)19-22)42-14-12-35-31(40)41-2/h6,9-10,16-19,21,27-28,33,37H,3-5,7-8,11-15,20H2,1-2H3,(H,34,38)(H,35,40)(H,36,39)/t27-,28?/m0/s1. The Kier molecular flexibility index (Phi) is 14.0. The van der Waals surface area contributed by atoms with Crippen molar-refractivity contribution in [3.8, 4) is 0 Å². The van der Waals surface area contributed by atoms with Crippen LogP contribution in [0.15, 0.2) is 42.5 Å². The van der Waals surface area contributed by atoms with E-state index >= 15 is 0 Å². The average molecular weight is 603 g/mol. The molecule has 1 fully saturated rings. The second-order valence-corrected chi connectivity index (χ2v) is 11.0. The summed E-state index contributed by atoms with van der Waals surface area (Å²) in [6.07, 6.45) is 5.66. The number of rotatable bonds is 15. The Morgan fingerprint density at radius 3 is 2.38 bits per heavy atom. The van der Waals surface area contributed by atoms with Crippen LogP contribution in [-0.2, 0) is 9.47 Å². The van der Waals surface area contributed by atoms with Crippen molar-refractivity contribution >= 4 is 29.5 Å². The van der Waals surface area contributed by atoms with Gasteiger partial charge in [0.15, 0.2) is 0 Å². The fraction of sp³-hybridized carbons (Fsp3) is 0.516. The Hall–Kier alpha value is -3.18. The van der Waals surface area contributed by atoms with E-state index in [0.29, 0.717) is 34.2 Å². The van der Waals surface area contributed by atoms with Crippen LogP contribution in [0.2, 0.25) is 5.02 Å². The first-order valence-electron chi connectivity index (χ1n) is 14.5. The zero-order valence-electron chi connectivity index (χ0n) is 24.4. The largest absolute Gasteiger partial charge is 0.453 e. The third-order valence-electron chi connectivity index (χ3n) is 7.30. The summed E-state index contributed by atoms with van der Waals surface area (Å²) < 4.78 is 10.8. The Balaban J connectivity index is 1.93. The number of aliphatic hydroxyl groups excluding tert-OH is 1. The van der Waals surface area contributed by atoms with E-state index in [4.69, 9.17) is 16.3 Å². The van der Waals surface area contributed by atoms with E-state index in [0.717, 1.165) is 6.42 Å². The van der Waals surface area contributed by atoms with Crippen molar-refractivity contribution in [1.29, 1.82) is 0 Å². The molecule has 1 aliphatic carbocycles. The summed E-state index contributed by atoms with van der Waals surface area (Å²) in [5.41, 5.74) is 1.85. The molecule has 2 aromatic rings. The summed E-state index contributed by atoms with van der Waals surface area (Å²) in [4.78, 5) is 38.2. The first-order valence-corrected chi connectivity index (χ1v) is 14.9. The molecule has 230 valence electrons. The molecule has 0 aliphatic heterocycles. The Morgan fingerprint density at radius 2 is 1.71 bits per heavy atom. The molecule has 0 aromatic heterocycles. The normalized spacial score (nSPS) is 15.0. The lowest BCUT2D eigenvalue weighted by Gasteiger charge is -2.27. The summed E-state index contributed by atoms with van der Waals surface area (Å²) >= 11 is 6.30. The minimum atomic E-state index is -0.698. The van der Waals surface area contributed by atoms with E-state index in [1.807, 2.05) is 13.1 Å². The number of nitrogens with one attached hydrogen (secondary N) is 4. The molecular weight excluding hydrogens is 560 g/mol. The molecule has 1 saturated carbocycles. The molecular formula is C31H43ClN4O6. The van der Waals surface area contributed by atoms with Crippen LogP contribution in [-0.4, -0.2) is 76.1 Å². The van der Waals surface area contributed by atoms with Gasteiger partial charge in [-0.3, -0.25) is 9.59 Å². The van der Waals surface area contributed by atoms with Crippen molar-refractivity contribution in [2.45, 2.75) is 50.7 Å². The molecule has 42 heavy (non-hydrogen) atoms. The van der Waals surface area contributed by atoms with Gasteiger partial charge in [0, 0.05) is 41.8 Å². The Bertz CT molecular complexity index is 1170. The number of halogens is 1. The van der Waals surface area contributed by atoms with Gasteiger partial charge in [-0.2, -0.15) is 0 Å². The molecule has 2 atom stereocenters. The number of aliphatic hydroxyl groups is 1. The van der Waals surface area contributed by atoms with Crippen molar-refractivity contribution in [2.75, 3.05) is 47.0 Å². The van der Waals surface area contributed by atoms with Crippen molar-refractivity contribution in [3.05, 3.63) is 69.7 Å². The topological polar surface area (TPSA) is 138 Å². The zero-order chi connectivity index (χ0) is 30.3. The van der Waals surface area contributed by atoms with Gasteiger partial charge in [-0.15, -0.1) is 0 Å². The molecule has 3 rings (SSSR count). The molecule has 0 spiro atoms. The lowest BCUT2D eigenvalue weighted by molar-refractivity contribution is 0.0802. The van der Waals surface area contributed by atoms with Gasteiger partial charge in [-0.05, 0) is 60.8 Å². The third kappa shape index (κ3) is 10.6.